The molecule has 0 aromatic carbocycles. The third-order valence-electron chi connectivity index (χ3n) is 1.84. The van der Waals surface area contributed by atoms with Crippen LogP contribution in [0, 0.1) is 0 Å². The lowest BCUT2D eigenvalue weighted by atomic mass is 10.1. The number of halogens is 7. The zero-order chi connectivity index (χ0) is 14.2. The quantitative estimate of drug-likeness (QED) is 0.793. The summed E-state index contributed by atoms with van der Waals surface area (Å²) in [5.41, 5.74) is 0. The fourth-order valence-electron chi connectivity index (χ4n) is 0.907. The number of aliphatic imine (C=N–C) groups is 1. The molecule has 0 bridgehead atoms. The van der Waals surface area contributed by atoms with Gasteiger partial charge in [0.1, 0.15) is 0 Å². The summed E-state index contributed by atoms with van der Waals surface area (Å²) in [6.07, 6.45) is -6.53. The van der Waals surface area contributed by atoms with Gasteiger partial charge in [-0.3, -0.25) is 15.1 Å². The average Bonchev–Trinajstić information content (AvgIpc) is 2.68. The Bertz CT molecular complexity index is 378. The number of amidine groups is 1. The molecule has 0 unspecified atom stereocenters. The molecule has 1 rings (SSSR count). The van der Waals surface area contributed by atoms with Crippen molar-refractivity contribution >= 4 is 22.8 Å². The van der Waals surface area contributed by atoms with Gasteiger partial charge in [0.05, 0.1) is 6.54 Å². The Kier molecular flexibility index (Phi) is 3.84. The Morgan fingerprint density at radius 2 is 1.72 bits per heavy atom. The van der Waals surface area contributed by atoms with E-state index >= 15 is 0 Å². The van der Waals surface area contributed by atoms with Gasteiger partial charge >= 0.3 is 23.9 Å². The van der Waals surface area contributed by atoms with Crippen LogP contribution >= 0.6 is 11.8 Å². The molecule has 0 aromatic rings. The fourth-order valence-corrected chi connectivity index (χ4v) is 1.63. The summed E-state index contributed by atoms with van der Waals surface area (Å²) < 4.78 is 85.8. The van der Waals surface area contributed by atoms with Crippen LogP contribution in [0.1, 0.15) is 0 Å². The minimum Gasteiger partial charge on any atom is -0.300 e. The number of amides is 1. The molecule has 0 fully saturated rings. The molecule has 104 valence electrons. The van der Waals surface area contributed by atoms with Crippen LogP contribution in [0.3, 0.4) is 0 Å². The van der Waals surface area contributed by atoms with Crippen molar-refractivity contribution in [1.29, 1.82) is 0 Å². The van der Waals surface area contributed by atoms with E-state index in [9.17, 15) is 35.5 Å². The van der Waals surface area contributed by atoms with E-state index in [0.717, 1.165) is 11.8 Å². The molecule has 18 heavy (non-hydrogen) atoms. The van der Waals surface area contributed by atoms with E-state index in [1.165, 1.54) is 5.32 Å². The van der Waals surface area contributed by atoms with Crippen LogP contribution in [-0.2, 0) is 4.79 Å². The monoisotopic (exact) mass is 298 g/mol. The molecule has 0 atom stereocenters. The zero-order valence-electron chi connectivity index (χ0n) is 8.32. The molecule has 1 N–H and O–H groups in total. The minimum atomic E-state index is -6.53. The van der Waals surface area contributed by atoms with E-state index in [1.54, 1.807) is 0 Å². The predicted octanol–water partition coefficient (Wildman–Crippen LogP) is 2.04. The van der Waals surface area contributed by atoms with E-state index in [1.807, 2.05) is 0 Å². The number of rotatable bonds is 2. The molecular weight excluding hydrogens is 293 g/mol. The summed E-state index contributed by atoms with van der Waals surface area (Å²) in [5, 5.41) is 0.836. The Morgan fingerprint density at radius 1 is 1.17 bits per heavy atom. The number of alkyl halides is 7. The molecule has 3 nitrogen and oxygen atoms in total. The van der Waals surface area contributed by atoms with Gasteiger partial charge in [-0.1, -0.05) is 11.8 Å². The molecule has 1 aliphatic heterocycles. The van der Waals surface area contributed by atoms with Crippen LogP contribution in [0.5, 0.6) is 0 Å². The highest BCUT2D eigenvalue weighted by Crippen LogP contribution is 2.46. The first-order chi connectivity index (χ1) is 8.00. The molecule has 0 saturated carbocycles. The topological polar surface area (TPSA) is 41.5 Å². The van der Waals surface area contributed by atoms with Crippen LogP contribution in [-0.4, -0.2) is 41.4 Å². The summed E-state index contributed by atoms with van der Waals surface area (Å²) in [5.74, 6) is -14.8. The Morgan fingerprint density at radius 3 is 2.11 bits per heavy atom. The highest BCUT2D eigenvalue weighted by molar-refractivity contribution is 8.14. The Labute approximate surface area is 99.8 Å². The third-order valence-corrected chi connectivity index (χ3v) is 2.73. The van der Waals surface area contributed by atoms with Crippen molar-refractivity contribution < 1.29 is 35.5 Å². The molecule has 11 heteroatoms. The summed E-state index contributed by atoms with van der Waals surface area (Å²) in [6.45, 7) is 0.154. The number of nitrogens with zero attached hydrogens (tertiary/aromatic N) is 1. The number of hydrogen-bond acceptors (Lipinski definition) is 3. The molecule has 0 aliphatic carbocycles. The van der Waals surface area contributed by atoms with Gasteiger partial charge in [-0.15, -0.1) is 0 Å². The summed E-state index contributed by atoms with van der Waals surface area (Å²) in [7, 11) is 0. The highest BCUT2D eigenvalue weighted by atomic mass is 32.2. The van der Waals surface area contributed by atoms with Crippen LogP contribution in [0.15, 0.2) is 4.99 Å². The molecule has 1 amide bonds. The van der Waals surface area contributed by atoms with Crippen molar-refractivity contribution in [3.05, 3.63) is 0 Å². The first-order valence-corrected chi connectivity index (χ1v) is 5.30. The standard InChI is InChI=1S/C7H5F7N2OS/c8-5(9,6(10,11)7(12,13)14)3(17)16-4-15-1-2-18-4/h1-2H2,(H,15,16,17). The summed E-state index contributed by atoms with van der Waals surface area (Å²) in [4.78, 5) is 14.2. The maximum absolute atomic E-state index is 12.8. The maximum atomic E-state index is 12.8. The Hall–Kier alpha value is -1.00. The van der Waals surface area contributed by atoms with Gasteiger partial charge in [-0.25, -0.2) is 0 Å². The summed E-state index contributed by atoms with van der Waals surface area (Å²) in [6, 6.07) is 0. The van der Waals surface area contributed by atoms with Crippen LogP contribution in [0.4, 0.5) is 30.7 Å². The average molecular weight is 298 g/mol. The second-order valence-corrected chi connectivity index (χ2v) is 4.22. The number of carbonyl (C=O) groups excluding carboxylic acids is 1. The molecule has 1 heterocycles. The van der Waals surface area contributed by atoms with Gasteiger partial charge in [0.15, 0.2) is 5.17 Å². The molecule has 0 saturated heterocycles. The SMILES string of the molecule is O=C(NC1=NCCS1)C(F)(F)C(F)(F)C(F)(F)F. The van der Waals surface area contributed by atoms with Gasteiger partial charge < -0.3 is 0 Å². The van der Waals surface area contributed by atoms with E-state index in [4.69, 9.17) is 0 Å². The van der Waals surface area contributed by atoms with Gasteiger partial charge in [-0.05, 0) is 0 Å². The van der Waals surface area contributed by atoms with Crippen molar-refractivity contribution in [1.82, 2.24) is 5.32 Å². The molecule has 0 aromatic heterocycles. The fraction of sp³-hybridized carbons (Fsp3) is 0.714. The number of carbonyl (C=O) groups is 1. The Balaban J connectivity index is 2.88. The second-order valence-electron chi connectivity index (χ2n) is 3.14. The zero-order valence-corrected chi connectivity index (χ0v) is 9.14. The van der Waals surface area contributed by atoms with Crippen molar-refractivity contribution in [3.63, 3.8) is 0 Å². The first-order valence-electron chi connectivity index (χ1n) is 4.31. The molecular formula is C7H5F7N2OS. The van der Waals surface area contributed by atoms with E-state index < -0.39 is 29.1 Å². The number of thioether (sulfide) groups is 1. The van der Waals surface area contributed by atoms with E-state index in [0.29, 0.717) is 5.75 Å². The predicted molar refractivity (Wildman–Crippen MR) is 48.9 cm³/mol. The molecule has 0 radical (unpaired) electrons. The van der Waals surface area contributed by atoms with Gasteiger partial charge in [-0.2, -0.15) is 30.7 Å². The van der Waals surface area contributed by atoms with E-state index in [2.05, 4.69) is 4.99 Å². The van der Waals surface area contributed by atoms with Crippen LogP contribution in [0.25, 0.3) is 0 Å². The smallest absolute Gasteiger partial charge is 0.300 e. The van der Waals surface area contributed by atoms with E-state index in [-0.39, 0.29) is 6.54 Å². The molecule has 1 aliphatic rings. The van der Waals surface area contributed by atoms with Crippen LogP contribution in [0.2, 0.25) is 0 Å². The minimum absolute atomic E-state index is 0.154. The van der Waals surface area contributed by atoms with Gasteiger partial charge in [0.2, 0.25) is 0 Å². The lowest BCUT2D eigenvalue weighted by molar-refractivity contribution is -0.343. The highest BCUT2D eigenvalue weighted by Gasteiger charge is 2.76. The first kappa shape index (κ1) is 15.1. The van der Waals surface area contributed by atoms with Crippen molar-refractivity contribution in [2.75, 3.05) is 12.3 Å². The second kappa shape index (κ2) is 4.59. The molecule has 0 spiro atoms. The van der Waals surface area contributed by atoms with Crippen molar-refractivity contribution in [2.45, 2.75) is 18.0 Å². The van der Waals surface area contributed by atoms with Crippen molar-refractivity contribution in [3.8, 4) is 0 Å². The van der Waals surface area contributed by atoms with Crippen molar-refractivity contribution in [2.24, 2.45) is 4.99 Å². The number of hydrogen-bond donors (Lipinski definition) is 1. The normalized spacial score (nSPS) is 17.6. The lowest BCUT2D eigenvalue weighted by Gasteiger charge is -2.26. The van der Waals surface area contributed by atoms with Crippen LogP contribution < -0.4 is 5.32 Å². The lowest BCUT2D eigenvalue weighted by Crippen LogP contribution is -2.59. The largest absolute Gasteiger partial charge is 0.460 e. The van der Waals surface area contributed by atoms with Gasteiger partial charge in [0.25, 0.3) is 0 Å². The summed E-state index contributed by atoms with van der Waals surface area (Å²) >= 11 is 0.764. The number of nitrogens with one attached hydrogen (secondary N) is 1. The maximum Gasteiger partial charge on any atom is 0.460 e. The van der Waals surface area contributed by atoms with Gasteiger partial charge in [0, 0.05) is 5.75 Å². The third kappa shape index (κ3) is 2.54.